The lowest BCUT2D eigenvalue weighted by Gasteiger charge is -1.92. The zero-order valence-electron chi connectivity index (χ0n) is 7.89. The van der Waals surface area contributed by atoms with Gasteiger partial charge in [0.15, 0.2) is 6.29 Å². The maximum absolute atomic E-state index is 10.8. The average molecular weight is 221 g/mol. The van der Waals surface area contributed by atoms with Crippen LogP contribution >= 0.6 is 11.3 Å². The fraction of sp³-hybridized carbons (Fsp3) is 0.100. The van der Waals surface area contributed by atoms with Gasteiger partial charge in [0.1, 0.15) is 4.70 Å². The van der Waals surface area contributed by atoms with Gasteiger partial charge in [0.2, 0.25) is 0 Å². The molecule has 0 aliphatic rings. The molecule has 1 heterocycles. The number of carbonyl (C=O) groups is 1. The number of fused-ring (bicyclic) bond motifs is 1. The van der Waals surface area contributed by atoms with Crippen molar-refractivity contribution < 1.29 is 9.72 Å². The predicted molar refractivity (Wildman–Crippen MR) is 58.6 cm³/mol. The Morgan fingerprint density at radius 3 is 2.80 bits per heavy atom. The Bertz CT molecular complexity index is 559. The van der Waals surface area contributed by atoms with Crippen molar-refractivity contribution in [3.05, 3.63) is 38.8 Å². The molecule has 0 atom stereocenters. The molecule has 2 rings (SSSR count). The molecule has 5 heteroatoms. The van der Waals surface area contributed by atoms with Crippen LogP contribution in [0.5, 0.6) is 0 Å². The topological polar surface area (TPSA) is 60.2 Å². The summed E-state index contributed by atoms with van der Waals surface area (Å²) in [6.45, 7) is 1.79. The minimum atomic E-state index is -0.424. The molecule has 0 fully saturated rings. The van der Waals surface area contributed by atoms with Crippen LogP contribution in [-0.4, -0.2) is 11.2 Å². The van der Waals surface area contributed by atoms with E-state index < -0.39 is 4.92 Å². The van der Waals surface area contributed by atoms with E-state index in [1.807, 2.05) is 0 Å². The SMILES string of the molecule is Cc1sc2c([N+](=O)[O-])cccc2c1C=O. The molecule has 1 aromatic carbocycles. The zero-order chi connectivity index (χ0) is 11.0. The summed E-state index contributed by atoms with van der Waals surface area (Å²) in [6, 6.07) is 4.78. The van der Waals surface area contributed by atoms with Crippen molar-refractivity contribution in [3.8, 4) is 0 Å². The van der Waals surface area contributed by atoms with Crippen molar-refractivity contribution in [1.29, 1.82) is 0 Å². The monoisotopic (exact) mass is 221 g/mol. The summed E-state index contributed by atoms with van der Waals surface area (Å²) in [4.78, 5) is 22.0. The van der Waals surface area contributed by atoms with Crippen molar-refractivity contribution >= 4 is 33.4 Å². The van der Waals surface area contributed by atoms with Crippen molar-refractivity contribution in [2.45, 2.75) is 6.92 Å². The number of nitro groups is 1. The molecular weight excluding hydrogens is 214 g/mol. The van der Waals surface area contributed by atoms with Gasteiger partial charge in [-0.25, -0.2) is 0 Å². The molecule has 2 aromatic rings. The number of nitro benzene ring substituents is 1. The third-order valence-corrected chi connectivity index (χ3v) is 3.39. The number of aryl methyl sites for hydroxylation is 1. The average Bonchev–Trinajstić information content (AvgIpc) is 2.52. The standard InChI is InChI=1S/C10H7NO3S/c1-6-8(5-12)7-3-2-4-9(11(13)14)10(7)15-6/h2-5H,1H3. The maximum Gasteiger partial charge on any atom is 0.287 e. The second kappa shape index (κ2) is 3.43. The minimum Gasteiger partial charge on any atom is -0.298 e. The largest absolute Gasteiger partial charge is 0.298 e. The molecule has 0 spiro atoms. The van der Waals surface area contributed by atoms with Crippen LogP contribution in [0.3, 0.4) is 0 Å². The van der Waals surface area contributed by atoms with Gasteiger partial charge in [-0.2, -0.15) is 0 Å². The lowest BCUT2D eigenvalue weighted by atomic mass is 10.1. The van der Waals surface area contributed by atoms with Crippen LogP contribution in [-0.2, 0) is 0 Å². The van der Waals surface area contributed by atoms with Crippen molar-refractivity contribution in [2.75, 3.05) is 0 Å². The summed E-state index contributed by atoms with van der Waals surface area (Å²) in [7, 11) is 0. The number of benzene rings is 1. The molecule has 4 nitrogen and oxygen atoms in total. The van der Waals surface area contributed by atoms with E-state index in [0.29, 0.717) is 15.6 Å². The van der Waals surface area contributed by atoms with Crippen molar-refractivity contribution in [2.24, 2.45) is 0 Å². The first-order chi connectivity index (χ1) is 7.15. The molecule has 15 heavy (non-hydrogen) atoms. The van der Waals surface area contributed by atoms with E-state index >= 15 is 0 Å². The van der Waals surface area contributed by atoms with E-state index in [9.17, 15) is 14.9 Å². The molecule has 1 aromatic heterocycles. The van der Waals surface area contributed by atoms with E-state index in [4.69, 9.17) is 0 Å². The zero-order valence-corrected chi connectivity index (χ0v) is 8.71. The van der Waals surface area contributed by atoms with Crippen LogP contribution in [0.1, 0.15) is 15.2 Å². The number of thiophene rings is 1. The molecule has 0 amide bonds. The van der Waals surface area contributed by atoms with Gasteiger partial charge in [0.25, 0.3) is 5.69 Å². The van der Waals surface area contributed by atoms with E-state index in [1.54, 1.807) is 19.1 Å². The summed E-state index contributed by atoms with van der Waals surface area (Å²) >= 11 is 1.29. The smallest absolute Gasteiger partial charge is 0.287 e. The molecule has 0 bridgehead atoms. The number of hydrogen-bond acceptors (Lipinski definition) is 4. The molecule has 0 aliphatic carbocycles. The number of non-ortho nitro benzene ring substituents is 1. The third-order valence-electron chi connectivity index (χ3n) is 2.23. The van der Waals surface area contributed by atoms with E-state index in [-0.39, 0.29) is 5.69 Å². The lowest BCUT2D eigenvalue weighted by Crippen LogP contribution is -1.87. The van der Waals surface area contributed by atoms with Gasteiger partial charge >= 0.3 is 0 Å². The van der Waals surface area contributed by atoms with Gasteiger partial charge in [0, 0.05) is 21.9 Å². The van der Waals surface area contributed by atoms with Crippen molar-refractivity contribution in [3.63, 3.8) is 0 Å². The summed E-state index contributed by atoms with van der Waals surface area (Å²) in [5, 5.41) is 11.4. The normalized spacial score (nSPS) is 10.5. The molecule has 0 aliphatic heterocycles. The van der Waals surface area contributed by atoms with Crippen LogP contribution in [0, 0.1) is 17.0 Å². The molecule has 76 valence electrons. The van der Waals surface area contributed by atoms with E-state index in [2.05, 4.69) is 0 Å². The highest BCUT2D eigenvalue weighted by atomic mass is 32.1. The van der Waals surface area contributed by atoms with Crippen molar-refractivity contribution in [1.82, 2.24) is 0 Å². The molecular formula is C10H7NO3S. The first-order valence-corrected chi connectivity index (χ1v) is 5.08. The van der Waals surface area contributed by atoms with Crippen LogP contribution in [0.25, 0.3) is 10.1 Å². The van der Waals surface area contributed by atoms with E-state index in [0.717, 1.165) is 11.2 Å². The molecule has 0 radical (unpaired) electrons. The Kier molecular flexibility index (Phi) is 2.24. The van der Waals surface area contributed by atoms with Gasteiger partial charge in [-0.1, -0.05) is 12.1 Å². The summed E-state index contributed by atoms with van der Waals surface area (Å²) < 4.78 is 0.571. The van der Waals surface area contributed by atoms with Gasteiger partial charge in [-0.05, 0) is 6.92 Å². The fourth-order valence-electron chi connectivity index (χ4n) is 1.53. The van der Waals surface area contributed by atoms with Crippen LogP contribution < -0.4 is 0 Å². The first kappa shape index (κ1) is 9.79. The number of nitrogens with zero attached hydrogens (tertiary/aromatic N) is 1. The summed E-state index contributed by atoms with van der Waals surface area (Å²) in [5.74, 6) is 0. The highest BCUT2D eigenvalue weighted by Crippen LogP contribution is 2.35. The van der Waals surface area contributed by atoms with Crippen LogP contribution in [0.4, 0.5) is 5.69 Å². The lowest BCUT2D eigenvalue weighted by molar-refractivity contribution is -0.382. The second-order valence-corrected chi connectivity index (χ2v) is 4.33. The number of aldehydes is 1. The summed E-state index contributed by atoms with van der Waals surface area (Å²) in [6.07, 6.45) is 0.748. The number of rotatable bonds is 2. The Morgan fingerprint density at radius 2 is 2.20 bits per heavy atom. The molecule has 0 saturated carbocycles. The van der Waals surface area contributed by atoms with Gasteiger partial charge in [-0.15, -0.1) is 11.3 Å². The maximum atomic E-state index is 10.8. The third kappa shape index (κ3) is 1.41. The van der Waals surface area contributed by atoms with Gasteiger partial charge in [0.05, 0.1) is 4.92 Å². The first-order valence-electron chi connectivity index (χ1n) is 4.27. The molecule has 0 saturated heterocycles. The number of hydrogen-bond donors (Lipinski definition) is 0. The fourth-order valence-corrected chi connectivity index (χ4v) is 2.64. The predicted octanol–water partition coefficient (Wildman–Crippen LogP) is 2.93. The Morgan fingerprint density at radius 1 is 1.47 bits per heavy atom. The van der Waals surface area contributed by atoms with E-state index in [1.165, 1.54) is 17.4 Å². The van der Waals surface area contributed by atoms with Crippen LogP contribution in [0.2, 0.25) is 0 Å². The quantitative estimate of drug-likeness (QED) is 0.445. The highest BCUT2D eigenvalue weighted by Gasteiger charge is 2.17. The van der Waals surface area contributed by atoms with Crippen LogP contribution in [0.15, 0.2) is 18.2 Å². The molecule has 0 unspecified atom stereocenters. The Balaban J connectivity index is 2.89. The Labute approximate surface area is 89.3 Å². The van der Waals surface area contributed by atoms with Gasteiger partial charge < -0.3 is 0 Å². The van der Waals surface area contributed by atoms with Gasteiger partial charge in [-0.3, -0.25) is 14.9 Å². The highest BCUT2D eigenvalue weighted by molar-refractivity contribution is 7.20. The molecule has 0 N–H and O–H groups in total. The Hall–Kier alpha value is -1.75. The minimum absolute atomic E-state index is 0.0636. The summed E-state index contributed by atoms with van der Waals surface area (Å²) in [5.41, 5.74) is 0.618. The second-order valence-electron chi connectivity index (χ2n) is 3.10. The number of carbonyl (C=O) groups excluding carboxylic acids is 1.